The monoisotopic (exact) mass is 384 g/mol. The fourth-order valence-electron chi connectivity index (χ4n) is 2.29. The molecule has 0 aliphatic carbocycles. The van der Waals surface area contributed by atoms with Crippen LogP contribution in [0.1, 0.15) is 19.3 Å². The molecule has 0 aliphatic rings. The molecular weight excluding hydrogens is 364 g/mol. The molecule has 0 radical (unpaired) electrons. The smallest absolute Gasteiger partial charge is 0.265 e. The van der Waals surface area contributed by atoms with Gasteiger partial charge in [0.25, 0.3) is 11.8 Å². The molecule has 8 nitrogen and oxygen atoms in total. The summed E-state index contributed by atoms with van der Waals surface area (Å²) in [6, 6.07) is 10.6. The molecule has 0 fully saturated rings. The SMILES string of the molecule is CN(C)CCNC(=O)c1ccc(C(=O)Nc2ccc(-n3cncn3)cc2)s1. The average molecular weight is 384 g/mol. The van der Waals surface area contributed by atoms with Crippen molar-refractivity contribution in [1.29, 1.82) is 0 Å². The van der Waals surface area contributed by atoms with Gasteiger partial charge in [-0.2, -0.15) is 5.10 Å². The zero-order chi connectivity index (χ0) is 19.2. The summed E-state index contributed by atoms with van der Waals surface area (Å²) in [4.78, 5) is 31.4. The number of hydrogen-bond acceptors (Lipinski definition) is 6. The number of rotatable bonds is 7. The number of aromatic nitrogens is 3. The minimum Gasteiger partial charge on any atom is -0.350 e. The van der Waals surface area contributed by atoms with E-state index in [2.05, 4.69) is 20.7 Å². The van der Waals surface area contributed by atoms with Gasteiger partial charge >= 0.3 is 0 Å². The van der Waals surface area contributed by atoms with Crippen molar-refractivity contribution in [2.24, 2.45) is 0 Å². The zero-order valence-corrected chi connectivity index (χ0v) is 15.9. The van der Waals surface area contributed by atoms with Crippen LogP contribution in [0.15, 0.2) is 49.1 Å². The van der Waals surface area contributed by atoms with E-state index in [0.717, 1.165) is 12.2 Å². The molecule has 0 spiro atoms. The second-order valence-corrected chi connectivity index (χ2v) is 7.15. The van der Waals surface area contributed by atoms with Crippen molar-refractivity contribution in [3.05, 3.63) is 58.8 Å². The predicted octanol–water partition coefficient (Wildman–Crippen LogP) is 1.87. The number of hydrogen-bond donors (Lipinski definition) is 2. The first-order valence-corrected chi connectivity index (χ1v) is 9.14. The third kappa shape index (κ3) is 4.99. The van der Waals surface area contributed by atoms with Crippen molar-refractivity contribution in [2.45, 2.75) is 0 Å². The van der Waals surface area contributed by atoms with E-state index in [4.69, 9.17) is 0 Å². The normalized spacial score (nSPS) is 10.8. The maximum Gasteiger partial charge on any atom is 0.265 e. The largest absolute Gasteiger partial charge is 0.350 e. The van der Waals surface area contributed by atoms with E-state index >= 15 is 0 Å². The summed E-state index contributed by atoms with van der Waals surface area (Å²) in [6.07, 6.45) is 3.06. The Kier molecular flexibility index (Phi) is 5.94. The highest BCUT2D eigenvalue weighted by atomic mass is 32.1. The summed E-state index contributed by atoms with van der Waals surface area (Å²) >= 11 is 1.17. The molecule has 0 aliphatic heterocycles. The van der Waals surface area contributed by atoms with Crippen LogP contribution < -0.4 is 10.6 Å². The molecule has 140 valence electrons. The van der Waals surface area contributed by atoms with Gasteiger partial charge in [-0.25, -0.2) is 9.67 Å². The summed E-state index contributed by atoms with van der Waals surface area (Å²) in [7, 11) is 3.89. The average Bonchev–Trinajstić information content (AvgIpc) is 3.34. The lowest BCUT2D eigenvalue weighted by Crippen LogP contribution is -2.30. The number of amides is 2. The lowest BCUT2D eigenvalue weighted by Gasteiger charge is -2.09. The minimum absolute atomic E-state index is 0.168. The van der Waals surface area contributed by atoms with Gasteiger partial charge in [0.05, 0.1) is 15.4 Å². The highest BCUT2D eigenvalue weighted by Crippen LogP contribution is 2.19. The number of anilines is 1. The first-order valence-electron chi connectivity index (χ1n) is 8.32. The van der Waals surface area contributed by atoms with Crippen LogP contribution >= 0.6 is 11.3 Å². The van der Waals surface area contributed by atoms with Crippen LogP contribution in [0.5, 0.6) is 0 Å². The Labute approximate surface area is 160 Å². The minimum atomic E-state index is -0.249. The number of carbonyl (C=O) groups is 2. The second-order valence-electron chi connectivity index (χ2n) is 6.06. The Morgan fingerprint density at radius 3 is 2.41 bits per heavy atom. The van der Waals surface area contributed by atoms with E-state index < -0.39 is 0 Å². The van der Waals surface area contributed by atoms with Gasteiger partial charge in [-0.3, -0.25) is 9.59 Å². The quantitative estimate of drug-likeness (QED) is 0.649. The van der Waals surface area contributed by atoms with E-state index in [1.807, 2.05) is 31.1 Å². The summed E-state index contributed by atoms with van der Waals surface area (Å²) < 4.78 is 1.63. The highest BCUT2D eigenvalue weighted by molar-refractivity contribution is 7.16. The predicted molar refractivity (Wildman–Crippen MR) is 105 cm³/mol. The maximum atomic E-state index is 12.4. The van der Waals surface area contributed by atoms with Crippen molar-refractivity contribution in [1.82, 2.24) is 25.0 Å². The Morgan fingerprint density at radius 2 is 1.78 bits per heavy atom. The molecule has 2 N–H and O–H groups in total. The van der Waals surface area contributed by atoms with Gasteiger partial charge in [0.2, 0.25) is 0 Å². The van der Waals surface area contributed by atoms with Crippen LogP contribution in [0.25, 0.3) is 5.69 Å². The van der Waals surface area contributed by atoms with Gasteiger partial charge in [-0.1, -0.05) is 0 Å². The molecule has 0 saturated heterocycles. The molecule has 0 unspecified atom stereocenters. The Hall–Kier alpha value is -3.04. The van der Waals surface area contributed by atoms with Crippen LogP contribution in [0.4, 0.5) is 5.69 Å². The molecule has 1 aromatic carbocycles. The van der Waals surface area contributed by atoms with Crippen molar-refractivity contribution >= 4 is 28.8 Å². The molecule has 2 amide bonds. The van der Waals surface area contributed by atoms with Crippen LogP contribution in [0.2, 0.25) is 0 Å². The molecule has 27 heavy (non-hydrogen) atoms. The van der Waals surface area contributed by atoms with Gasteiger partial charge in [-0.05, 0) is 50.5 Å². The number of nitrogens with one attached hydrogen (secondary N) is 2. The summed E-state index contributed by atoms with van der Waals surface area (Å²) in [5, 5.41) is 9.72. The second kappa shape index (κ2) is 8.56. The first-order chi connectivity index (χ1) is 13.0. The van der Waals surface area contributed by atoms with Crippen molar-refractivity contribution in [2.75, 3.05) is 32.5 Å². The third-order valence-electron chi connectivity index (χ3n) is 3.71. The lowest BCUT2D eigenvalue weighted by atomic mass is 10.2. The topological polar surface area (TPSA) is 92.2 Å². The van der Waals surface area contributed by atoms with Crippen molar-refractivity contribution in [3.63, 3.8) is 0 Å². The first kappa shape index (κ1) is 18.7. The van der Waals surface area contributed by atoms with E-state index in [9.17, 15) is 9.59 Å². The van der Waals surface area contributed by atoms with Gasteiger partial charge < -0.3 is 15.5 Å². The fraction of sp³-hybridized carbons (Fsp3) is 0.222. The molecule has 9 heteroatoms. The Bertz CT molecular complexity index is 902. The zero-order valence-electron chi connectivity index (χ0n) is 15.0. The molecule has 0 atom stereocenters. The molecular formula is C18H20N6O2S. The van der Waals surface area contributed by atoms with E-state index in [1.165, 1.54) is 17.7 Å². The summed E-state index contributed by atoms with van der Waals surface area (Å²) in [5.74, 6) is -0.418. The van der Waals surface area contributed by atoms with Crippen LogP contribution in [-0.4, -0.2) is 58.7 Å². The molecule has 3 rings (SSSR count). The summed E-state index contributed by atoms with van der Waals surface area (Å²) in [6.45, 7) is 1.32. The number of likely N-dealkylation sites (N-methyl/N-ethyl adjacent to an activating group) is 1. The van der Waals surface area contributed by atoms with E-state index in [0.29, 0.717) is 22.0 Å². The van der Waals surface area contributed by atoms with E-state index in [1.54, 1.807) is 35.3 Å². The Morgan fingerprint density at radius 1 is 1.07 bits per heavy atom. The third-order valence-corrected chi connectivity index (χ3v) is 4.79. The van der Waals surface area contributed by atoms with Gasteiger partial charge in [0.1, 0.15) is 12.7 Å². The standard InChI is InChI=1S/C18H20N6O2S/c1-23(2)10-9-20-17(25)15-7-8-16(27-15)18(26)22-13-3-5-14(6-4-13)24-12-19-11-21-24/h3-8,11-12H,9-10H2,1-2H3,(H,20,25)(H,22,26). The molecule has 2 aromatic heterocycles. The number of benzene rings is 1. The summed E-state index contributed by atoms with van der Waals surface area (Å²) in [5.41, 5.74) is 1.51. The molecule has 0 bridgehead atoms. The fourth-order valence-corrected chi connectivity index (χ4v) is 3.11. The molecule has 0 saturated carbocycles. The highest BCUT2D eigenvalue weighted by Gasteiger charge is 2.14. The van der Waals surface area contributed by atoms with Crippen LogP contribution in [0, 0.1) is 0 Å². The van der Waals surface area contributed by atoms with Gasteiger partial charge in [0.15, 0.2) is 0 Å². The molecule has 2 heterocycles. The van der Waals surface area contributed by atoms with Gasteiger partial charge in [0, 0.05) is 18.8 Å². The van der Waals surface area contributed by atoms with Crippen molar-refractivity contribution < 1.29 is 9.59 Å². The lowest BCUT2D eigenvalue weighted by molar-refractivity contribution is 0.0954. The Balaban J connectivity index is 1.58. The number of carbonyl (C=O) groups excluding carboxylic acids is 2. The number of nitrogens with zero attached hydrogens (tertiary/aromatic N) is 4. The van der Waals surface area contributed by atoms with Crippen LogP contribution in [-0.2, 0) is 0 Å². The van der Waals surface area contributed by atoms with Crippen molar-refractivity contribution in [3.8, 4) is 5.69 Å². The molecule has 3 aromatic rings. The van der Waals surface area contributed by atoms with Gasteiger partial charge in [-0.15, -0.1) is 11.3 Å². The van der Waals surface area contributed by atoms with E-state index in [-0.39, 0.29) is 11.8 Å². The maximum absolute atomic E-state index is 12.4. The van der Waals surface area contributed by atoms with Crippen LogP contribution in [0.3, 0.4) is 0 Å². The number of thiophene rings is 1.